The summed E-state index contributed by atoms with van der Waals surface area (Å²) in [7, 11) is 4.24. The molecule has 0 atom stereocenters. The van der Waals surface area contributed by atoms with Gasteiger partial charge >= 0.3 is 0 Å². The highest BCUT2D eigenvalue weighted by molar-refractivity contribution is 5.78. The third kappa shape index (κ3) is 12.1. The smallest absolute Gasteiger partial charge is 0.234 e. The Morgan fingerprint density at radius 2 is 1.63 bits per heavy atom. The third-order valence-electron chi connectivity index (χ3n) is 2.87. The Hall–Kier alpha value is -0.650. The highest BCUT2D eigenvalue weighted by Gasteiger charge is 2.12. The van der Waals surface area contributed by atoms with Gasteiger partial charge < -0.3 is 20.4 Å². The first-order valence-electron chi connectivity index (χ1n) is 7.13. The van der Waals surface area contributed by atoms with E-state index in [4.69, 9.17) is 0 Å². The average Bonchev–Trinajstić information content (AvgIpc) is 2.29. The molecular formula is C14H32N4O. The van der Waals surface area contributed by atoms with Gasteiger partial charge in [-0.25, -0.2) is 0 Å². The minimum Gasteiger partial charge on any atom is -0.350 e. The van der Waals surface area contributed by atoms with E-state index in [-0.39, 0.29) is 11.4 Å². The number of hydrogen-bond acceptors (Lipinski definition) is 4. The zero-order chi connectivity index (χ0) is 14.9. The molecule has 19 heavy (non-hydrogen) atoms. The molecule has 0 aliphatic carbocycles. The number of carbonyl (C=O) groups is 1. The van der Waals surface area contributed by atoms with Gasteiger partial charge in [0.25, 0.3) is 0 Å². The SMILES string of the molecule is CCN(C)CCN(C)CCNCC(=O)NC(C)(C)C. The van der Waals surface area contributed by atoms with E-state index in [2.05, 4.69) is 41.5 Å². The summed E-state index contributed by atoms with van der Waals surface area (Å²) in [5.41, 5.74) is -0.152. The van der Waals surface area contributed by atoms with Crippen LogP contribution in [0, 0.1) is 0 Å². The quantitative estimate of drug-likeness (QED) is 0.596. The predicted molar refractivity (Wildman–Crippen MR) is 81.4 cm³/mol. The highest BCUT2D eigenvalue weighted by Crippen LogP contribution is 1.97. The molecule has 0 radical (unpaired) electrons. The van der Waals surface area contributed by atoms with Gasteiger partial charge in [-0.1, -0.05) is 6.92 Å². The topological polar surface area (TPSA) is 47.6 Å². The second kappa shape index (κ2) is 9.28. The molecule has 0 aromatic carbocycles. The molecule has 0 spiro atoms. The number of carbonyl (C=O) groups excluding carboxylic acids is 1. The van der Waals surface area contributed by atoms with E-state index in [1.165, 1.54) is 0 Å². The monoisotopic (exact) mass is 272 g/mol. The lowest BCUT2D eigenvalue weighted by molar-refractivity contribution is -0.121. The zero-order valence-electron chi connectivity index (χ0n) is 13.5. The van der Waals surface area contributed by atoms with Crippen LogP contribution in [0.4, 0.5) is 0 Å². The largest absolute Gasteiger partial charge is 0.350 e. The lowest BCUT2D eigenvalue weighted by Gasteiger charge is -2.22. The standard InChI is InChI=1S/C14H32N4O/c1-7-17(5)10-11-18(6)9-8-15-12-13(19)16-14(2,3)4/h15H,7-12H2,1-6H3,(H,16,19). The van der Waals surface area contributed by atoms with E-state index < -0.39 is 0 Å². The van der Waals surface area contributed by atoms with Crippen LogP contribution in [0.5, 0.6) is 0 Å². The number of nitrogens with one attached hydrogen (secondary N) is 2. The third-order valence-corrected chi connectivity index (χ3v) is 2.87. The number of nitrogens with zero attached hydrogens (tertiary/aromatic N) is 2. The summed E-state index contributed by atoms with van der Waals surface area (Å²) in [5, 5.41) is 6.11. The van der Waals surface area contributed by atoms with Crippen molar-refractivity contribution in [2.24, 2.45) is 0 Å². The summed E-state index contributed by atoms with van der Waals surface area (Å²) in [5.74, 6) is 0.0564. The molecule has 0 rings (SSSR count). The van der Waals surface area contributed by atoms with Crippen LogP contribution in [0.3, 0.4) is 0 Å². The molecule has 0 saturated carbocycles. The van der Waals surface area contributed by atoms with Crippen molar-refractivity contribution < 1.29 is 4.79 Å². The molecule has 2 N–H and O–H groups in total. The number of amides is 1. The Balaban J connectivity index is 3.55. The van der Waals surface area contributed by atoms with Gasteiger partial charge in [0.15, 0.2) is 0 Å². The molecule has 5 nitrogen and oxygen atoms in total. The van der Waals surface area contributed by atoms with E-state index in [1.54, 1.807) is 0 Å². The first-order valence-corrected chi connectivity index (χ1v) is 7.13. The van der Waals surface area contributed by atoms with Crippen molar-refractivity contribution in [2.75, 3.05) is 53.4 Å². The Morgan fingerprint density at radius 1 is 1.05 bits per heavy atom. The number of likely N-dealkylation sites (N-methyl/N-ethyl adjacent to an activating group) is 2. The number of hydrogen-bond donors (Lipinski definition) is 2. The van der Waals surface area contributed by atoms with Gasteiger partial charge in [-0.3, -0.25) is 4.79 Å². The Labute approximate surface area is 118 Å². The minimum absolute atomic E-state index is 0.0564. The van der Waals surface area contributed by atoms with Crippen LogP contribution in [0.1, 0.15) is 27.7 Å². The molecule has 0 saturated heterocycles. The second-order valence-corrected chi connectivity index (χ2v) is 6.17. The predicted octanol–water partition coefficient (Wildman–Crippen LogP) is 0.374. The maximum Gasteiger partial charge on any atom is 0.234 e. The fraction of sp³-hybridized carbons (Fsp3) is 0.929. The van der Waals surface area contributed by atoms with Crippen LogP contribution < -0.4 is 10.6 Å². The number of rotatable bonds is 9. The molecule has 0 unspecified atom stereocenters. The summed E-state index contributed by atoms with van der Waals surface area (Å²) < 4.78 is 0. The van der Waals surface area contributed by atoms with Crippen molar-refractivity contribution in [3.05, 3.63) is 0 Å². The Kier molecular flexibility index (Phi) is 8.97. The summed E-state index contributed by atoms with van der Waals surface area (Å²) >= 11 is 0. The first-order chi connectivity index (χ1) is 8.74. The van der Waals surface area contributed by atoms with Crippen molar-refractivity contribution in [2.45, 2.75) is 33.2 Å². The molecule has 0 heterocycles. The molecule has 0 aromatic rings. The van der Waals surface area contributed by atoms with Crippen molar-refractivity contribution in [1.29, 1.82) is 0 Å². The lowest BCUT2D eigenvalue weighted by atomic mass is 10.1. The first kappa shape index (κ1) is 18.4. The minimum atomic E-state index is -0.152. The van der Waals surface area contributed by atoms with E-state index in [0.29, 0.717) is 6.54 Å². The Bertz CT molecular complexity index is 250. The van der Waals surface area contributed by atoms with Crippen LogP contribution in [0.25, 0.3) is 0 Å². The molecule has 0 fully saturated rings. The van der Waals surface area contributed by atoms with Gasteiger partial charge in [-0.05, 0) is 41.4 Å². The molecule has 0 bridgehead atoms. The van der Waals surface area contributed by atoms with E-state index in [1.807, 2.05) is 20.8 Å². The van der Waals surface area contributed by atoms with Gasteiger partial charge in [0.2, 0.25) is 5.91 Å². The van der Waals surface area contributed by atoms with Crippen LogP contribution in [0.2, 0.25) is 0 Å². The molecular weight excluding hydrogens is 240 g/mol. The van der Waals surface area contributed by atoms with Crippen molar-refractivity contribution in [3.63, 3.8) is 0 Å². The lowest BCUT2D eigenvalue weighted by Crippen LogP contribution is -2.45. The molecule has 5 heteroatoms. The summed E-state index contributed by atoms with van der Waals surface area (Å²) in [4.78, 5) is 16.1. The van der Waals surface area contributed by atoms with E-state index >= 15 is 0 Å². The molecule has 0 aliphatic rings. The summed E-state index contributed by atoms with van der Waals surface area (Å²) in [6, 6.07) is 0. The van der Waals surface area contributed by atoms with Crippen molar-refractivity contribution >= 4 is 5.91 Å². The second-order valence-electron chi connectivity index (χ2n) is 6.17. The van der Waals surface area contributed by atoms with Crippen molar-refractivity contribution in [1.82, 2.24) is 20.4 Å². The van der Waals surface area contributed by atoms with Gasteiger partial charge in [0, 0.05) is 31.7 Å². The van der Waals surface area contributed by atoms with Gasteiger partial charge in [0.1, 0.15) is 0 Å². The van der Waals surface area contributed by atoms with E-state index in [0.717, 1.165) is 32.7 Å². The average molecular weight is 272 g/mol. The molecule has 114 valence electrons. The molecule has 0 aliphatic heterocycles. The van der Waals surface area contributed by atoms with Crippen molar-refractivity contribution in [3.8, 4) is 0 Å². The highest BCUT2D eigenvalue weighted by atomic mass is 16.2. The van der Waals surface area contributed by atoms with Gasteiger partial charge in [0.05, 0.1) is 6.54 Å². The fourth-order valence-corrected chi connectivity index (χ4v) is 1.55. The van der Waals surface area contributed by atoms with E-state index in [9.17, 15) is 4.79 Å². The van der Waals surface area contributed by atoms with Crippen LogP contribution >= 0.6 is 0 Å². The summed E-state index contributed by atoms with van der Waals surface area (Å²) in [6.45, 7) is 13.5. The van der Waals surface area contributed by atoms with Gasteiger partial charge in [-0.15, -0.1) is 0 Å². The molecule has 0 aromatic heterocycles. The zero-order valence-corrected chi connectivity index (χ0v) is 13.5. The van der Waals surface area contributed by atoms with Crippen LogP contribution in [-0.4, -0.2) is 74.6 Å². The molecule has 1 amide bonds. The van der Waals surface area contributed by atoms with Crippen LogP contribution in [0.15, 0.2) is 0 Å². The Morgan fingerprint density at radius 3 is 2.16 bits per heavy atom. The van der Waals surface area contributed by atoms with Crippen LogP contribution in [-0.2, 0) is 4.79 Å². The summed E-state index contributed by atoms with van der Waals surface area (Å²) in [6.07, 6.45) is 0. The fourth-order valence-electron chi connectivity index (χ4n) is 1.55. The maximum absolute atomic E-state index is 11.6. The maximum atomic E-state index is 11.6. The normalized spacial score (nSPS) is 12.2. The van der Waals surface area contributed by atoms with Gasteiger partial charge in [-0.2, -0.15) is 0 Å².